The molecule has 24 heavy (non-hydrogen) atoms. The van der Waals surface area contributed by atoms with Crippen LogP contribution < -0.4 is 10.6 Å². The Labute approximate surface area is 144 Å². The van der Waals surface area contributed by atoms with Crippen LogP contribution >= 0.6 is 11.3 Å². The third-order valence-electron chi connectivity index (χ3n) is 3.58. The summed E-state index contributed by atoms with van der Waals surface area (Å²) in [6.07, 6.45) is 5.44. The number of anilines is 1. The van der Waals surface area contributed by atoms with Crippen LogP contribution in [-0.2, 0) is 6.42 Å². The predicted octanol–water partition coefficient (Wildman–Crippen LogP) is 3.39. The highest BCUT2D eigenvalue weighted by Crippen LogP contribution is 2.13. The second-order valence-electron chi connectivity index (χ2n) is 5.34. The molecule has 3 rings (SSSR count). The van der Waals surface area contributed by atoms with Crippen LogP contribution in [0.3, 0.4) is 0 Å². The van der Waals surface area contributed by atoms with Gasteiger partial charge in [-0.2, -0.15) is 5.10 Å². The van der Waals surface area contributed by atoms with Crippen LogP contribution in [0.1, 0.15) is 17.7 Å². The molecule has 2 heterocycles. The van der Waals surface area contributed by atoms with E-state index in [1.54, 1.807) is 6.20 Å². The van der Waals surface area contributed by atoms with Crippen molar-refractivity contribution >= 4 is 22.5 Å². The number of hydrogen-bond donors (Lipinski definition) is 2. The summed E-state index contributed by atoms with van der Waals surface area (Å²) in [7, 11) is 0. The molecule has 124 valence electrons. The summed E-state index contributed by atoms with van der Waals surface area (Å²) in [4.78, 5) is 15.7. The topological polar surface area (TPSA) is 71.8 Å². The minimum atomic E-state index is -0.221. The predicted molar refractivity (Wildman–Crippen MR) is 95.8 cm³/mol. The van der Waals surface area contributed by atoms with Gasteiger partial charge in [0.25, 0.3) is 0 Å². The van der Waals surface area contributed by atoms with Crippen molar-refractivity contribution in [2.45, 2.75) is 19.8 Å². The number of carbonyl (C=O) groups excluding carboxylic acids is 1. The van der Waals surface area contributed by atoms with Gasteiger partial charge in [-0.25, -0.2) is 14.5 Å². The number of rotatable bonds is 6. The summed E-state index contributed by atoms with van der Waals surface area (Å²) in [5.41, 5.74) is 3.26. The summed E-state index contributed by atoms with van der Waals surface area (Å²) >= 11 is 1.40. The molecule has 0 saturated heterocycles. The Balaban J connectivity index is 1.47. The van der Waals surface area contributed by atoms with Gasteiger partial charge in [0, 0.05) is 24.3 Å². The Morgan fingerprint density at radius 1 is 1.29 bits per heavy atom. The van der Waals surface area contributed by atoms with Gasteiger partial charge >= 0.3 is 6.03 Å². The molecular formula is C17H19N5OS. The quantitative estimate of drug-likeness (QED) is 0.675. The second kappa shape index (κ2) is 7.74. The third kappa shape index (κ3) is 4.20. The van der Waals surface area contributed by atoms with E-state index in [-0.39, 0.29) is 6.03 Å². The molecule has 7 heteroatoms. The van der Waals surface area contributed by atoms with Gasteiger partial charge in [0.15, 0.2) is 5.13 Å². The lowest BCUT2D eigenvalue weighted by Crippen LogP contribution is -2.29. The van der Waals surface area contributed by atoms with Crippen molar-refractivity contribution in [3.05, 3.63) is 59.4 Å². The van der Waals surface area contributed by atoms with Gasteiger partial charge in [-0.15, -0.1) is 11.3 Å². The van der Waals surface area contributed by atoms with E-state index in [4.69, 9.17) is 0 Å². The summed E-state index contributed by atoms with van der Waals surface area (Å²) in [6.45, 7) is 2.62. The summed E-state index contributed by atoms with van der Waals surface area (Å²) in [5.74, 6) is 0. The van der Waals surface area contributed by atoms with Crippen LogP contribution in [0.4, 0.5) is 9.93 Å². The van der Waals surface area contributed by atoms with Crippen molar-refractivity contribution in [2.75, 3.05) is 11.9 Å². The molecule has 0 unspecified atom stereocenters. The van der Waals surface area contributed by atoms with E-state index in [1.807, 2.05) is 47.3 Å². The molecule has 0 aliphatic carbocycles. The molecule has 6 nitrogen and oxygen atoms in total. The van der Waals surface area contributed by atoms with Gasteiger partial charge in [0.2, 0.25) is 0 Å². The monoisotopic (exact) mass is 341 g/mol. The highest BCUT2D eigenvalue weighted by molar-refractivity contribution is 7.13. The second-order valence-corrected chi connectivity index (χ2v) is 6.24. The van der Waals surface area contributed by atoms with Crippen molar-refractivity contribution in [2.24, 2.45) is 0 Å². The van der Waals surface area contributed by atoms with Crippen LogP contribution in [0.2, 0.25) is 0 Å². The molecule has 0 bridgehead atoms. The van der Waals surface area contributed by atoms with Crippen molar-refractivity contribution in [1.29, 1.82) is 0 Å². The fourth-order valence-electron chi connectivity index (χ4n) is 2.36. The maximum absolute atomic E-state index is 11.7. The minimum Gasteiger partial charge on any atom is -0.338 e. The molecule has 3 aromatic rings. The smallest absolute Gasteiger partial charge is 0.321 e. The molecule has 0 aliphatic heterocycles. The van der Waals surface area contributed by atoms with E-state index in [0.717, 1.165) is 24.2 Å². The van der Waals surface area contributed by atoms with Gasteiger partial charge in [-0.05, 0) is 37.5 Å². The Kier molecular flexibility index (Phi) is 5.22. The van der Waals surface area contributed by atoms with Crippen LogP contribution in [0, 0.1) is 6.92 Å². The van der Waals surface area contributed by atoms with Gasteiger partial charge in [0.05, 0.1) is 11.4 Å². The molecule has 2 aromatic heterocycles. The highest BCUT2D eigenvalue weighted by Gasteiger charge is 2.07. The van der Waals surface area contributed by atoms with Crippen LogP contribution in [0.5, 0.6) is 0 Å². The highest BCUT2D eigenvalue weighted by atomic mass is 32.1. The number of benzene rings is 1. The normalized spacial score (nSPS) is 10.5. The molecular weight excluding hydrogens is 322 g/mol. The number of thiazole rings is 1. The van der Waals surface area contributed by atoms with Crippen LogP contribution in [0.15, 0.2) is 48.1 Å². The number of amides is 2. The minimum absolute atomic E-state index is 0.221. The van der Waals surface area contributed by atoms with E-state index in [1.165, 1.54) is 16.9 Å². The number of para-hydroxylation sites is 1. The van der Waals surface area contributed by atoms with Gasteiger partial charge in [-0.3, -0.25) is 5.32 Å². The zero-order valence-corrected chi connectivity index (χ0v) is 14.2. The van der Waals surface area contributed by atoms with Crippen molar-refractivity contribution in [3.8, 4) is 5.69 Å². The van der Waals surface area contributed by atoms with Crippen molar-refractivity contribution in [3.63, 3.8) is 0 Å². The summed E-state index contributed by atoms with van der Waals surface area (Å²) in [6, 6.07) is 9.82. The average Bonchev–Trinajstić information content (AvgIpc) is 3.22. The average molecular weight is 341 g/mol. The zero-order chi connectivity index (χ0) is 16.8. The Morgan fingerprint density at radius 3 is 2.88 bits per heavy atom. The molecule has 0 radical (unpaired) electrons. The molecule has 2 amide bonds. The molecule has 0 fully saturated rings. The lowest BCUT2D eigenvalue weighted by atomic mass is 10.1. The van der Waals surface area contributed by atoms with Gasteiger partial charge in [-0.1, -0.05) is 18.2 Å². The largest absolute Gasteiger partial charge is 0.338 e. The van der Waals surface area contributed by atoms with Crippen LogP contribution in [0.25, 0.3) is 5.69 Å². The standard InChI is InChI=1S/C17H19N5OS/c1-13-14(12-22(21-13)15-7-3-2-4-8-15)6-5-9-18-16(23)20-17-19-10-11-24-17/h2-4,7-8,10-12H,5-6,9H2,1H3,(H2,18,19,20,23). The van der Waals surface area contributed by atoms with Gasteiger partial charge < -0.3 is 5.32 Å². The number of nitrogens with zero attached hydrogens (tertiary/aromatic N) is 3. The summed E-state index contributed by atoms with van der Waals surface area (Å²) in [5, 5.41) is 12.5. The van der Waals surface area contributed by atoms with E-state index < -0.39 is 0 Å². The molecule has 0 saturated carbocycles. The van der Waals surface area contributed by atoms with E-state index in [0.29, 0.717) is 11.7 Å². The molecule has 0 aliphatic rings. The number of carbonyl (C=O) groups is 1. The zero-order valence-electron chi connectivity index (χ0n) is 13.4. The first-order valence-corrected chi connectivity index (χ1v) is 8.65. The molecule has 0 spiro atoms. The lowest BCUT2D eigenvalue weighted by molar-refractivity contribution is 0.252. The fraction of sp³-hybridized carbons (Fsp3) is 0.235. The Hall–Kier alpha value is -2.67. The number of aromatic nitrogens is 3. The number of nitrogens with one attached hydrogen (secondary N) is 2. The molecule has 1 aromatic carbocycles. The van der Waals surface area contributed by atoms with Crippen LogP contribution in [-0.4, -0.2) is 27.3 Å². The maximum Gasteiger partial charge on any atom is 0.321 e. The SMILES string of the molecule is Cc1nn(-c2ccccc2)cc1CCCNC(=O)Nc1nccs1. The Morgan fingerprint density at radius 2 is 2.12 bits per heavy atom. The Bertz CT molecular complexity index is 783. The van der Waals surface area contributed by atoms with Gasteiger partial charge in [0.1, 0.15) is 0 Å². The third-order valence-corrected chi connectivity index (χ3v) is 4.27. The molecule has 0 atom stereocenters. The fourth-order valence-corrected chi connectivity index (χ4v) is 2.89. The van der Waals surface area contributed by atoms with E-state index in [9.17, 15) is 4.79 Å². The lowest BCUT2D eigenvalue weighted by Gasteiger charge is -2.05. The first-order chi connectivity index (χ1) is 11.7. The summed E-state index contributed by atoms with van der Waals surface area (Å²) < 4.78 is 1.90. The van der Waals surface area contributed by atoms with Crippen molar-refractivity contribution in [1.82, 2.24) is 20.1 Å². The van der Waals surface area contributed by atoms with E-state index >= 15 is 0 Å². The first-order valence-electron chi connectivity index (χ1n) is 7.77. The first kappa shape index (κ1) is 16.2. The van der Waals surface area contributed by atoms with E-state index in [2.05, 4.69) is 26.9 Å². The number of aryl methyl sites for hydroxylation is 2. The maximum atomic E-state index is 11.7. The molecule has 2 N–H and O–H groups in total. The number of hydrogen-bond acceptors (Lipinski definition) is 4. The van der Waals surface area contributed by atoms with Crippen molar-refractivity contribution < 1.29 is 4.79 Å². The number of urea groups is 1.